The normalized spacial score (nSPS) is 11.9. The average molecular weight is 453 g/mol. The lowest BCUT2D eigenvalue weighted by molar-refractivity contribution is 0.0697. The monoisotopic (exact) mass is 452 g/mol. The van der Waals surface area contributed by atoms with E-state index in [1.165, 1.54) is 6.07 Å². The number of unbranched alkanes of at least 4 members (excludes halogenated alkanes) is 1. The molecule has 7 nitrogen and oxygen atoms in total. The molecule has 0 spiro atoms. The number of aromatic carboxylic acids is 1. The van der Waals surface area contributed by atoms with Crippen LogP contribution < -0.4 is 9.47 Å². The lowest BCUT2D eigenvalue weighted by Gasteiger charge is -2.14. The van der Waals surface area contributed by atoms with Gasteiger partial charge in [-0.1, -0.05) is 32.4 Å². The van der Waals surface area contributed by atoms with Crippen molar-refractivity contribution < 1.29 is 24.5 Å². The third-order valence-electron chi connectivity index (χ3n) is 5.36. The van der Waals surface area contributed by atoms with Gasteiger partial charge in [-0.25, -0.2) is 4.79 Å². The number of nitrogens with zero attached hydrogens (tertiary/aromatic N) is 2. The van der Waals surface area contributed by atoms with Crippen LogP contribution in [0.2, 0.25) is 0 Å². The highest BCUT2D eigenvalue weighted by atomic mass is 16.5. The molecule has 176 valence electrons. The van der Waals surface area contributed by atoms with Gasteiger partial charge in [0.1, 0.15) is 11.5 Å². The van der Waals surface area contributed by atoms with Crippen LogP contribution in [-0.4, -0.2) is 45.3 Å². The molecule has 1 aromatic heterocycles. The molecule has 3 aromatic rings. The minimum absolute atomic E-state index is 0.159. The maximum Gasteiger partial charge on any atom is 0.335 e. The molecule has 0 aliphatic heterocycles. The van der Waals surface area contributed by atoms with Crippen LogP contribution in [0.3, 0.4) is 0 Å². The lowest BCUT2D eigenvalue weighted by atomic mass is 10.0. The molecule has 0 aliphatic rings. The predicted molar refractivity (Wildman–Crippen MR) is 128 cm³/mol. The van der Waals surface area contributed by atoms with Gasteiger partial charge in [-0.15, -0.1) is 0 Å². The summed E-state index contributed by atoms with van der Waals surface area (Å²) < 4.78 is 13.6. The molecule has 1 atom stereocenters. The van der Waals surface area contributed by atoms with Gasteiger partial charge in [0.2, 0.25) is 0 Å². The maximum absolute atomic E-state index is 11.6. The number of benzene rings is 2. The van der Waals surface area contributed by atoms with E-state index in [4.69, 9.17) is 14.6 Å². The van der Waals surface area contributed by atoms with E-state index < -0.39 is 12.1 Å². The van der Waals surface area contributed by atoms with E-state index in [0.717, 1.165) is 29.8 Å². The van der Waals surface area contributed by atoms with Gasteiger partial charge >= 0.3 is 5.97 Å². The molecule has 3 rings (SSSR count). The topological polar surface area (TPSA) is 93.8 Å². The number of carboxylic acids is 1. The van der Waals surface area contributed by atoms with E-state index in [0.29, 0.717) is 43.2 Å². The number of carbonyl (C=O) groups is 1. The zero-order valence-corrected chi connectivity index (χ0v) is 19.5. The van der Waals surface area contributed by atoms with Crippen molar-refractivity contribution in [3.63, 3.8) is 0 Å². The summed E-state index contributed by atoms with van der Waals surface area (Å²) in [5.74, 6) is 0.287. The molecule has 1 unspecified atom stereocenters. The molecule has 2 aromatic carbocycles. The molecule has 0 amide bonds. The number of rotatable bonds is 12. The third kappa shape index (κ3) is 5.93. The fourth-order valence-corrected chi connectivity index (χ4v) is 3.51. The zero-order valence-electron chi connectivity index (χ0n) is 19.5. The van der Waals surface area contributed by atoms with Crippen molar-refractivity contribution in [2.45, 2.75) is 52.7 Å². The molecule has 0 saturated carbocycles. The summed E-state index contributed by atoms with van der Waals surface area (Å²) in [5.41, 5.74) is 2.97. The van der Waals surface area contributed by atoms with Crippen LogP contribution in [0.15, 0.2) is 48.5 Å². The fourth-order valence-electron chi connectivity index (χ4n) is 3.51. The molecule has 0 radical (unpaired) electrons. The summed E-state index contributed by atoms with van der Waals surface area (Å²) in [7, 11) is 0. The van der Waals surface area contributed by atoms with Gasteiger partial charge in [-0.2, -0.15) is 5.10 Å². The van der Waals surface area contributed by atoms with Crippen LogP contribution in [0.5, 0.6) is 11.5 Å². The Morgan fingerprint density at radius 1 is 1.03 bits per heavy atom. The first-order valence-corrected chi connectivity index (χ1v) is 11.5. The molecule has 0 aliphatic carbocycles. The van der Waals surface area contributed by atoms with Crippen LogP contribution in [0.1, 0.15) is 50.4 Å². The van der Waals surface area contributed by atoms with Crippen molar-refractivity contribution in [2.24, 2.45) is 0 Å². The molecule has 7 heteroatoms. The second kappa shape index (κ2) is 11.5. The van der Waals surface area contributed by atoms with Gasteiger partial charge < -0.3 is 19.7 Å². The van der Waals surface area contributed by atoms with Crippen molar-refractivity contribution in [3.05, 3.63) is 54.1 Å². The van der Waals surface area contributed by atoms with Gasteiger partial charge in [0.05, 0.1) is 42.8 Å². The smallest absolute Gasteiger partial charge is 0.335 e. The number of para-hydroxylation sites is 1. The first kappa shape index (κ1) is 24.3. The first-order valence-electron chi connectivity index (χ1n) is 11.5. The Morgan fingerprint density at radius 2 is 1.79 bits per heavy atom. The van der Waals surface area contributed by atoms with Crippen LogP contribution in [0.4, 0.5) is 0 Å². The summed E-state index contributed by atoms with van der Waals surface area (Å²) in [5, 5.41) is 24.6. The van der Waals surface area contributed by atoms with Crippen molar-refractivity contribution >= 4 is 5.97 Å². The largest absolute Gasteiger partial charge is 0.493 e. The Bertz CT molecular complexity index is 1080. The summed E-state index contributed by atoms with van der Waals surface area (Å²) in [6, 6.07) is 14.4. The van der Waals surface area contributed by atoms with Crippen LogP contribution in [0, 0.1) is 0 Å². The Labute approximate surface area is 194 Å². The Morgan fingerprint density at radius 3 is 2.48 bits per heavy atom. The molecule has 1 heterocycles. The van der Waals surface area contributed by atoms with Gasteiger partial charge in [0.15, 0.2) is 0 Å². The quantitative estimate of drug-likeness (QED) is 0.364. The second-order valence-electron chi connectivity index (χ2n) is 7.81. The van der Waals surface area contributed by atoms with E-state index in [1.54, 1.807) is 16.8 Å². The second-order valence-corrected chi connectivity index (χ2v) is 7.81. The summed E-state index contributed by atoms with van der Waals surface area (Å²) >= 11 is 0. The van der Waals surface area contributed by atoms with Crippen molar-refractivity contribution in [1.29, 1.82) is 0 Å². The molecule has 0 saturated heterocycles. The Hall–Kier alpha value is -3.32. The molecule has 2 N–H and O–H groups in total. The van der Waals surface area contributed by atoms with E-state index in [1.807, 2.05) is 44.2 Å². The summed E-state index contributed by atoms with van der Waals surface area (Å²) in [4.78, 5) is 11.6. The molecule has 0 fully saturated rings. The summed E-state index contributed by atoms with van der Waals surface area (Å²) in [6.07, 6.45) is 1.90. The van der Waals surface area contributed by atoms with E-state index in [-0.39, 0.29) is 5.56 Å². The fraction of sp³-hybridized carbons (Fsp3) is 0.385. The standard InChI is InChI=1S/C26H32N2O5/c1-4-7-14-33-25-13-12-18(26(30)31)15-21(25)22-16-23(28(27-22)17-19(29)5-2)20-10-8-9-11-24(20)32-6-3/h8-13,15-16,19,29H,4-7,14,17H2,1-3H3,(H,30,31). The predicted octanol–water partition coefficient (Wildman–Crippen LogP) is 5.26. The van der Waals surface area contributed by atoms with Gasteiger partial charge in [0, 0.05) is 11.1 Å². The molecular weight excluding hydrogens is 420 g/mol. The highest BCUT2D eigenvalue weighted by Gasteiger charge is 2.20. The Kier molecular flexibility index (Phi) is 8.49. The average Bonchev–Trinajstić information content (AvgIpc) is 3.23. The number of hydrogen-bond donors (Lipinski definition) is 2. The van der Waals surface area contributed by atoms with Crippen LogP contribution in [-0.2, 0) is 6.54 Å². The minimum Gasteiger partial charge on any atom is -0.493 e. The number of hydrogen-bond acceptors (Lipinski definition) is 5. The van der Waals surface area contributed by atoms with Crippen molar-refractivity contribution in [1.82, 2.24) is 9.78 Å². The van der Waals surface area contributed by atoms with E-state index in [9.17, 15) is 15.0 Å². The minimum atomic E-state index is -1.01. The highest BCUT2D eigenvalue weighted by Crippen LogP contribution is 2.36. The van der Waals surface area contributed by atoms with E-state index >= 15 is 0 Å². The number of aliphatic hydroxyl groups is 1. The van der Waals surface area contributed by atoms with Crippen molar-refractivity contribution in [2.75, 3.05) is 13.2 Å². The lowest BCUT2D eigenvalue weighted by Crippen LogP contribution is -2.16. The van der Waals surface area contributed by atoms with Crippen LogP contribution >= 0.6 is 0 Å². The highest BCUT2D eigenvalue weighted by molar-refractivity contribution is 5.90. The van der Waals surface area contributed by atoms with Gasteiger partial charge in [-0.3, -0.25) is 4.68 Å². The van der Waals surface area contributed by atoms with Gasteiger partial charge in [-0.05, 0) is 56.2 Å². The van der Waals surface area contributed by atoms with Crippen molar-refractivity contribution in [3.8, 4) is 34.0 Å². The molecular formula is C26H32N2O5. The molecule has 33 heavy (non-hydrogen) atoms. The number of aromatic nitrogens is 2. The maximum atomic E-state index is 11.6. The van der Waals surface area contributed by atoms with Crippen LogP contribution in [0.25, 0.3) is 22.5 Å². The van der Waals surface area contributed by atoms with Gasteiger partial charge in [0.25, 0.3) is 0 Å². The molecule has 0 bridgehead atoms. The number of ether oxygens (including phenoxy) is 2. The SMILES string of the molecule is CCCCOc1ccc(C(=O)O)cc1-c1cc(-c2ccccc2OCC)n(CC(O)CC)n1. The summed E-state index contributed by atoms with van der Waals surface area (Å²) in [6.45, 7) is 7.28. The third-order valence-corrected chi connectivity index (χ3v) is 5.36. The zero-order chi connectivity index (χ0) is 23.8. The first-order chi connectivity index (χ1) is 16.0. The number of aliphatic hydroxyl groups excluding tert-OH is 1. The van der Waals surface area contributed by atoms with E-state index in [2.05, 4.69) is 6.92 Å². The number of carboxylic acid groups (broad SMARTS) is 1. The Balaban J connectivity index is 2.15.